The summed E-state index contributed by atoms with van der Waals surface area (Å²) in [7, 11) is 0. The van der Waals surface area contributed by atoms with Crippen LogP contribution in [0.15, 0.2) is 24.3 Å². The number of hydrogen-bond acceptors (Lipinski definition) is 3. The van der Waals surface area contributed by atoms with E-state index in [2.05, 4.69) is 13.0 Å². The summed E-state index contributed by atoms with van der Waals surface area (Å²) in [4.78, 5) is 28.1. The second kappa shape index (κ2) is 7.68. The fraction of sp³-hybridized carbons (Fsp3) is 0.529. The molecule has 0 N–H and O–H groups in total. The summed E-state index contributed by atoms with van der Waals surface area (Å²) in [6.07, 6.45) is 0.908. The van der Waals surface area contributed by atoms with E-state index in [0.717, 1.165) is 25.2 Å². The summed E-state index contributed by atoms with van der Waals surface area (Å²) in [5, 5.41) is 0. The minimum Gasteiger partial charge on any atom is -0.343 e. The number of hydrogen-bond donors (Lipinski definition) is 0. The van der Waals surface area contributed by atoms with Crippen LogP contribution in [0.3, 0.4) is 0 Å². The largest absolute Gasteiger partial charge is 0.343 e. The molecule has 0 saturated carbocycles. The number of nitrogens with zero attached hydrogens (tertiary/aromatic N) is 2. The molecule has 0 radical (unpaired) electrons. The van der Waals surface area contributed by atoms with Gasteiger partial charge >= 0.3 is 0 Å². The van der Waals surface area contributed by atoms with Crippen molar-refractivity contribution in [2.24, 2.45) is 0 Å². The predicted octanol–water partition coefficient (Wildman–Crippen LogP) is 2.57. The van der Waals surface area contributed by atoms with Gasteiger partial charge in [-0.1, -0.05) is 18.2 Å². The zero-order chi connectivity index (χ0) is 16.1. The summed E-state index contributed by atoms with van der Waals surface area (Å²) in [5.41, 5.74) is 2.25. The number of para-hydroxylation sites is 1. The summed E-state index contributed by atoms with van der Waals surface area (Å²) >= 11 is 1.41. The van der Waals surface area contributed by atoms with Crippen molar-refractivity contribution < 1.29 is 9.59 Å². The molecule has 0 fully saturated rings. The molecule has 2 amide bonds. The third kappa shape index (κ3) is 3.64. The van der Waals surface area contributed by atoms with Crippen molar-refractivity contribution in [1.29, 1.82) is 0 Å². The highest BCUT2D eigenvalue weighted by Crippen LogP contribution is 2.32. The molecule has 0 bridgehead atoms. The van der Waals surface area contributed by atoms with Crippen LogP contribution in [-0.2, 0) is 16.0 Å². The van der Waals surface area contributed by atoms with Crippen LogP contribution >= 0.6 is 11.8 Å². The van der Waals surface area contributed by atoms with E-state index < -0.39 is 0 Å². The normalized spacial score (nSPS) is 16.5. The fourth-order valence-electron chi connectivity index (χ4n) is 2.91. The Morgan fingerprint density at radius 3 is 2.59 bits per heavy atom. The van der Waals surface area contributed by atoms with Gasteiger partial charge in [0.2, 0.25) is 11.8 Å². The molecule has 5 heteroatoms. The standard InChI is InChI=1S/C17H24N2O2S/c1-4-18(5-2)16(20)11-22-12-17(21)19-13(3)10-14-8-6-7-9-15(14)19/h6-9,13H,4-5,10-12H2,1-3H3. The molecular formula is C17H24N2O2S. The van der Waals surface area contributed by atoms with Crippen molar-refractivity contribution >= 4 is 29.3 Å². The summed E-state index contributed by atoms with van der Waals surface area (Å²) < 4.78 is 0. The van der Waals surface area contributed by atoms with Gasteiger partial charge < -0.3 is 9.80 Å². The van der Waals surface area contributed by atoms with Crippen molar-refractivity contribution in [2.45, 2.75) is 33.2 Å². The molecule has 0 aliphatic carbocycles. The molecule has 0 aromatic heterocycles. The van der Waals surface area contributed by atoms with Crippen LogP contribution in [0.4, 0.5) is 5.69 Å². The Morgan fingerprint density at radius 1 is 1.23 bits per heavy atom. The van der Waals surface area contributed by atoms with E-state index in [-0.39, 0.29) is 17.9 Å². The van der Waals surface area contributed by atoms with E-state index >= 15 is 0 Å². The average molecular weight is 320 g/mol. The fourth-order valence-corrected chi connectivity index (χ4v) is 3.68. The minimum absolute atomic E-state index is 0.0924. The smallest absolute Gasteiger partial charge is 0.237 e. The molecular weight excluding hydrogens is 296 g/mol. The number of rotatable bonds is 6. The Balaban J connectivity index is 1.89. The average Bonchev–Trinajstić information content (AvgIpc) is 2.84. The molecule has 1 unspecified atom stereocenters. The first-order chi connectivity index (χ1) is 10.6. The molecule has 1 aliphatic heterocycles. The molecule has 2 rings (SSSR count). The van der Waals surface area contributed by atoms with Crippen molar-refractivity contribution in [2.75, 3.05) is 29.5 Å². The molecule has 1 aromatic rings. The molecule has 22 heavy (non-hydrogen) atoms. The van der Waals surface area contributed by atoms with Crippen molar-refractivity contribution in [3.8, 4) is 0 Å². The third-order valence-corrected chi connectivity index (χ3v) is 4.95. The molecule has 1 atom stereocenters. The van der Waals surface area contributed by atoms with Gasteiger partial charge in [0, 0.05) is 24.8 Å². The van der Waals surface area contributed by atoms with E-state index in [0.29, 0.717) is 11.5 Å². The summed E-state index contributed by atoms with van der Waals surface area (Å²) in [6, 6.07) is 8.26. The van der Waals surface area contributed by atoms with Gasteiger partial charge in [0.25, 0.3) is 0 Å². The SMILES string of the molecule is CCN(CC)C(=O)CSCC(=O)N1c2ccccc2CC1C. The van der Waals surface area contributed by atoms with E-state index in [4.69, 9.17) is 0 Å². The van der Waals surface area contributed by atoms with Crippen LogP contribution in [0.25, 0.3) is 0 Å². The van der Waals surface area contributed by atoms with Crippen molar-refractivity contribution in [3.63, 3.8) is 0 Å². The maximum absolute atomic E-state index is 12.5. The number of fused-ring (bicyclic) bond motifs is 1. The topological polar surface area (TPSA) is 40.6 Å². The first kappa shape index (κ1) is 16.9. The highest BCUT2D eigenvalue weighted by molar-refractivity contribution is 8.00. The van der Waals surface area contributed by atoms with Gasteiger partial charge in [0.05, 0.1) is 11.5 Å². The van der Waals surface area contributed by atoms with Gasteiger partial charge in [-0.15, -0.1) is 11.8 Å². The van der Waals surface area contributed by atoms with E-state index in [1.165, 1.54) is 17.3 Å². The lowest BCUT2D eigenvalue weighted by molar-refractivity contribution is -0.127. The number of thioether (sulfide) groups is 1. The van der Waals surface area contributed by atoms with E-state index in [1.807, 2.05) is 36.9 Å². The number of anilines is 1. The highest BCUT2D eigenvalue weighted by atomic mass is 32.2. The van der Waals surface area contributed by atoms with Gasteiger partial charge in [-0.05, 0) is 38.8 Å². The highest BCUT2D eigenvalue weighted by Gasteiger charge is 2.30. The number of benzene rings is 1. The zero-order valence-corrected chi connectivity index (χ0v) is 14.4. The molecule has 1 heterocycles. The molecule has 120 valence electrons. The number of carbonyl (C=O) groups excluding carboxylic acids is 2. The van der Waals surface area contributed by atoms with E-state index in [1.54, 1.807) is 4.90 Å². The molecule has 0 saturated heterocycles. The maximum Gasteiger partial charge on any atom is 0.237 e. The minimum atomic E-state index is 0.0924. The Labute approximate surface area is 136 Å². The second-order valence-corrected chi connectivity index (χ2v) is 6.49. The summed E-state index contributed by atoms with van der Waals surface area (Å²) in [5.74, 6) is 0.927. The van der Waals surface area contributed by atoms with Crippen LogP contribution in [0, 0.1) is 0 Å². The van der Waals surface area contributed by atoms with E-state index in [9.17, 15) is 9.59 Å². The third-order valence-electron chi connectivity index (χ3n) is 4.04. The van der Waals surface area contributed by atoms with Gasteiger partial charge in [0.15, 0.2) is 0 Å². The van der Waals surface area contributed by atoms with Crippen LogP contribution < -0.4 is 4.90 Å². The van der Waals surface area contributed by atoms with Gasteiger partial charge in [-0.2, -0.15) is 0 Å². The van der Waals surface area contributed by atoms with Crippen LogP contribution in [0.2, 0.25) is 0 Å². The first-order valence-corrected chi connectivity index (χ1v) is 8.99. The second-order valence-electron chi connectivity index (χ2n) is 5.50. The zero-order valence-electron chi connectivity index (χ0n) is 13.5. The number of carbonyl (C=O) groups is 2. The van der Waals surface area contributed by atoms with Crippen LogP contribution in [0.1, 0.15) is 26.3 Å². The van der Waals surface area contributed by atoms with Crippen LogP contribution in [-0.4, -0.2) is 47.4 Å². The lowest BCUT2D eigenvalue weighted by atomic mass is 10.1. The quantitative estimate of drug-likeness (QED) is 0.809. The molecule has 1 aliphatic rings. The molecule has 4 nitrogen and oxygen atoms in total. The first-order valence-electron chi connectivity index (χ1n) is 7.83. The predicted molar refractivity (Wildman–Crippen MR) is 92.3 cm³/mol. The Bertz CT molecular complexity index is 543. The lowest BCUT2D eigenvalue weighted by Gasteiger charge is -2.23. The van der Waals surface area contributed by atoms with Gasteiger partial charge in [-0.3, -0.25) is 9.59 Å². The van der Waals surface area contributed by atoms with Crippen molar-refractivity contribution in [1.82, 2.24) is 4.90 Å². The van der Waals surface area contributed by atoms with Crippen LogP contribution in [0.5, 0.6) is 0 Å². The Morgan fingerprint density at radius 2 is 1.91 bits per heavy atom. The van der Waals surface area contributed by atoms with Crippen molar-refractivity contribution in [3.05, 3.63) is 29.8 Å². The molecule has 0 spiro atoms. The van der Waals surface area contributed by atoms with Gasteiger partial charge in [0.1, 0.15) is 0 Å². The monoisotopic (exact) mass is 320 g/mol. The lowest BCUT2D eigenvalue weighted by Crippen LogP contribution is -2.37. The number of amides is 2. The Kier molecular flexibility index (Phi) is 5.89. The maximum atomic E-state index is 12.5. The molecule has 1 aromatic carbocycles. The summed E-state index contributed by atoms with van der Waals surface area (Å²) in [6.45, 7) is 7.46. The van der Waals surface area contributed by atoms with Gasteiger partial charge in [-0.25, -0.2) is 0 Å². The Hall–Kier alpha value is -1.49.